The number of hydrogen-bond donors (Lipinski definition) is 4. The van der Waals surface area contributed by atoms with E-state index in [1.807, 2.05) is 32.9 Å². The zero-order chi connectivity index (χ0) is 30.2. The minimum Gasteiger partial charge on any atom is -0.507 e. The molecule has 4 aromatic carbocycles. The molecule has 4 aromatic rings. The maximum Gasteiger partial charge on any atom is 0.142 e. The predicted molar refractivity (Wildman–Crippen MR) is 208 cm³/mol. The van der Waals surface area contributed by atoms with Crippen LogP contribution in [0.1, 0.15) is 51.8 Å². The Bertz CT molecular complexity index is 1420. The van der Waals surface area contributed by atoms with Crippen LogP contribution in [0.2, 0.25) is 0 Å². The fraction of sp³-hybridized carbons (Fsp3) is 0.250. The summed E-state index contributed by atoms with van der Waals surface area (Å²) in [6.45, 7) is 5.81. The van der Waals surface area contributed by atoms with Gasteiger partial charge in [-0.2, -0.15) is 0 Å². The van der Waals surface area contributed by atoms with Crippen LogP contribution in [0.15, 0.2) is 48.5 Å². The summed E-state index contributed by atoms with van der Waals surface area (Å²) in [4.78, 5) is 0. The molecular weight excluding hydrogens is 1080 g/mol. The molecule has 0 aliphatic carbocycles. The lowest BCUT2D eigenvalue weighted by molar-refractivity contribution is 0.427. The maximum absolute atomic E-state index is 10.7. The predicted octanol–water partition coefficient (Wildman–Crippen LogP) is 10.0. The molecule has 0 spiro atoms. The summed E-state index contributed by atoms with van der Waals surface area (Å²) >= 11 is 11.0. The Balaban J connectivity index is 1.94. The highest BCUT2D eigenvalue weighted by molar-refractivity contribution is 14.1. The van der Waals surface area contributed by atoms with Gasteiger partial charge in [-0.05, 0) is 229 Å². The molecule has 0 aliphatic rings. The van der Waals surface area contributed by atoms with E-state index < -0.39 is 5.41 Å². The van der Waals surface area contributed by atoms with Gasteiger partial charge < -0.3 is 20.4 Å². The van der Waals surface area contributed by atoms with Gasteiger partial charge >= 0.3 is 0 Å². The molecule has 0 unspecified atom stereocenters. The molecule has 216 valence electrons. The van der Waals surface area contributed by atoms with Gasteiger partial charge in [-0.25, -0.2) is 0 Å². The van der Waals surface area contributed by atoms with Crippen LogP contribution in [0.5, 0.6) is 23.0 Å². The average molecular weight is 1110 g/mol. The molecule has 0 radical (unpaired) electrons. The Morgan fingerprint density at radius 3 is 1.15 bits per heavy atom. The third kappa shape index (κ3) is 7.35. The van der Waals surface area contributed by atoms with Gasteiger partial charge in [-0.1, -0.05) is 18.2 Å². The van der Waals surface area contributed by atoms with E-state index in [0.717, 1.165) is 82.5 Å². The van der Waals surface area contributed by atoms with Crippen molar-refractivity contribution in [3.8, 4) is 23.0 Å². The molecule has 0 aromatic heterocycles. The molecule has 0 bridgehead atoms. The first-order valence-corrected chi connectivity index (χ1v) is 18.3. The van der Waals surface area contributed by atoms with Crippen molar-refractivity contribution < 1.29 is 20.4 Å². The number of aryl methyl sites for hydroxylation is 5. The summed E-state index contributed by atoms with van der Waals surface area (Å²) < 4.78 is 4.09. The fourth-order valence-electron chi connectivity index (χ4n) is 5.32. The topological polar surface area (TPSA) is 80.9 Å². The van der Waals surface area contributed by atoms with Gasteiger partial charge in [0.15, 0.2) is 0 Å². The zero-order valence-corrected chi connectivity index (χ0v) is 33.4. The van der Waals surface area contributed by atoms with Gasteiger partial charge in [0.25, 0.3) is 0 Å². The van der Waals surface area contributed by atoms with Crippen molar-refractivity contribution in [1.82, 2.24) is 0 Å². The van der Waals surface area contributed by atoms with Gasteiger partial charge in [0.2, 0.25) is 0 Å². The number of halogens is 5. The van der Waals surface area contributed by atoms with E-state index in [2.05, 4.69) is 149 Å². The first-order chi connectivity index (χ1) is 19.2. The highest BCUT2D eigenvalue weighted by Crippen LogP contribution is 2.46. The average Bonchev–Trinajstić information content (AvgIpc) is 2.91. The highest BCUT2D eigenvalue weighted by Gasteiger charge is 2.36. The molecule has 9 heteroatoms. The standard InChI is InChI=1S/C32H29I5O4/c1-16-8-19(11-23(33)28(16)38)4-6-32(21-9-17(2)29(39)26(36)14-21,22-10-18(3)30(40)27(37)15-22)7-5-20-12-24(34)31(41)25(35)13-20/h8-15,38-41H,4-7H2,1-3H3. The summed E-state index contributed by atoms with van der Waals surface area (Å²) in [5, 5.41) is 42.1. The SMILES string of the molecule is Cc1cc(CCC(CCc2cc(I)c(O)c(I)c2)(c2cc(C)c(O)c(I)c2)c2cc(C)c(O)c(I)c2)cc(I)c1O. The second-order valence-corrected chi connectivity index (χ2v) is 16.3. The highest BCUT2D eigenvalue weighted by atomic mass is 127. The molecular formula is C32H29I5O4. The van der Waals surface area contributed by atoms with Crippen molar-refractivity contribution in [2.75, 3.05) is 0 Å². The molecule has 0 fully saturated rings. The zero-order valence-electron chi connectivity index (χ0n) is 22.6. The Morgan fingerprint density at radius 1 is 0.463 bits per heavy atom. The Kier molecular flexibility index (Phi) is 11.3. The maximum atomic E-state index is 10.7. The molecule has 4 rings (SSSR count). The molecule has 0 saturated carbocycles. The smallest absolute Gasteiger partial charge is 0.142 e. The number of phenols is 4. The summed E-state index contributed by atoms with van der Waals surface area (Å²) in [6, 6.07) is 16.6. The summed E-state index contributed by atoms with van der Waals surface area (Å²) in [7, 11) is 0. The number of benzene rings is 4. The fourth-order valence-corrected chi connectivity index (χ4v) is 9.57. The van der Waals surface area contributed by atoms with Crippen molar-refractivity contribution in [2.24, 2.45) is 0 Å². The monoisotopic (exact) mass is 1110 g/mol. The van der Waals surface area contributed by atoms with Crippen LogP contribution in [0.25, 0.3) is 0 Å². The van der Waals surface area contributed by atoms with Crippen molar-refractivity contribution in [2.45, 2.75) is 51.9 Å². The third-order valence-corrected chi connectivity index (χ3v) is 11.8. The minimum atomic E-state index is -0.456. The first kappa shape index (κ1) is 33.6. The van der Waals surface area contributed by atoms with Gasteiger partial charge in [0.1, 0.15) is 23.0 Å². The summed E-state index contributed by atoms with van der Waals surface area (Å²) in [6.07, 6.45) is 3.10. The molecule has 4 N–H and O–H groups in total. The first-order valence-electron chi connectivity index (χ1n) is 12.9. The second kappa shape index (κ2) is 13.8. The van der Waals surface area contributed by atoms with E-state index in [-0.39, 0.29) is 0 Å². The molecule has 0 saturated heterocycles. The van der Waals surface area contributed by atoms with Crippen LogP contribution in [0, 0.1) is 38.6 Å². The normalized spacial score (nSPS) is 11.7. The lowest BCUT2D eigenvalue weighted by Gasteiger charge is -2.37. The Labute approximate surface area is 309 Å². The summed E-state index contributed by atoms with van der Waals surface area (Å²) in [5.74, 6) is 1.23. The largest absolute Gasteiger partial charge is 0.507 e. The van der Waals surface area contributed by atoms with Crippen LogP contribution < -0.4 is 0 Å². The molecule has 0 aliphatic heterocycles. The minimum absolute atomic E-state index is 0.297. The molecule has 0 atom stereocenters. The van der Waals surface area contributed by atoms with E-state index in [0.29, 0.717) is 23.0 Å². The molecule has 0 amide bonds. The molecule has 4 nitrogen and oxygen atoms in total. The molecule has 41 heavy (non-hydrogen) atoms. The number of aromatic hydroxyl groups is 4. The van der Waals surface area contributed by atoms with Gasteiger partial charge in [0, 0.05) is 5.41 Å². The van der Waals surface area contributed by atoms with Crippen LogP contribution in [-0.2, 0) is 18.3 Å². The van der Waals surface area contributed by atoms with Crippen molar-refractivity contribution in [3.63, 3.8) is 0 Å². The summed E-state index contributed by atoms with van der Waals surface area (Å²) in [5.41, 5.74) is 6.58. The van der Waals surface area contributed by atoms with Gasteiger partial charge in [0.05, 0.1) is 17.9 Å². The van der Waals surface area contributed by atoms with E-state index in [1.165, 1.54) is 0 Å². The number of rotatable bonds is 8. The van der Waals surface area contributed by atoms with Crippen molar-refractivity contribution >= 4 is 113 Å². The van der Waals surface area contributed by atoms with E-state index in [4.69, 9.17) is 0 Å². The lowest BCUT2D eigenvalue weighted by Crippen LogP contribution is -2.30. The van der Waals surface area contributed by atoms with Crippen molar-refractivity contribution in [3.05, 3.63) is 105 Å². The van der Waals surface area contributed by atoms with Crippen molar-refractivity contribution in [1.29, 1.82) is 0 Å². The third-order valence-electron chi connectivity index (χ3n) is 7.68. The molecule has 0 heterocycles. The Hall–Kier alpha value is -0.270. The quantitative estimate of drug-likeness (QED) is 0.133. The van der Waals surface area contributed by atoms with Gasteiger partial charge in [-0.3, -0.25) is 0 Å². The van der Waals surface area contributed by atoms with Crippen LogP contribution in [0.3, 0.4) is 0 Å². The number of hydrogen-bond acceptors (Lipinski definition) is 4. The van der Waals surface area contributed by atoms with E-state index >= 15 is 0 Å². The van der Waals surface area contributed by atoms with E-state index in [1.54, 1.807) is 0 Å². The van der Waals surface area contributed by atoms with Crippen LogP contribution >= 0.6 is 113 Å². The Morgan fingerprint density at radius 2 is 0.780 bits per heavy atom. The lowest BCUT2D eigenvalue weighted by atomic mass is 9.67. The van der Waals surface area contributed by atoms with E-state index in [9.17, 15) is 20.4 Å². The van der Waals surface area contributed by atoms with Gasteiger partial charge in [-0.15, -0.1) is 0 Å². The van der Waals surface area contributed by atoms with Crippen LogP contribution in [-0.4, -0.2) is 20.4 Å². The van der Waals surface area contributed by atoms with Crippen LogP contribution in [0.4, 0.5) is 0 Å². The number of phenolic OH excluding ortho intramolecular Hbond substituents is 4. The second-order valence-electron chi connectivity index (χ2n) is 10.5.